The molecule has 0 unspecified atom stereocenters. The first-order valence-electron chi connectivity index (χ1n) is 10.2. The maximum Gasteiger partial charge on any atom is 0.251 e. The lowest BCUT2D eigenvalue weighted by atomic mass is 9.93. The third-order valence-electron chi connectivity index (χ3n) is 5.42. The van der Waals surface area contributed by atoms with E-state index in [0.29, 0.717) is 18.1 Å². The van der Waals surface area contributed by atoms with Crippen LogP contribution in [0.25, 0.3) is 10.9 Å². The molecule has 2 aromatic carbocycles. The lowest BCUT2D eigenvalue weighted by molar-refractivity contribution is 0.0954. The Bertz CT molecular complexity index is 969. The van der Waals surface area contributed by atoms with Gasteiger partial charge in [0.2, 0.25) is 5.95 Å². The second-order valence-corrected chi connectivity index (χ2v) is 7.61. The van der Waals surface area contributed by atoms with Crippen molar-refractivity contribution in [1.82, 2.24) is 15.3 Å². The highest BCUT2D eigenvalue weighted by Gasteiger charge is 2.20. The number of hydrogen-bond acceptors (Lipinski definition) is 5. The molecule has 3 N–H and O–H groups in total. The molecule has 4 rings (SSSR count). The van der Waals surface area contributed by atoms with Gasteiger partial charge in [0.25, 0.3) is 5.91 Å². The van der Waals surface area contributed by atoms with Gasteiger partial charge in [0, 0.05) is 29.7 Å². The van der Waals surface area contributed by atoms with E-state index >= 15 is 0 Å². The molecule has 1 amide bonds. The Hall–Kier alpha value is -2.99. The number of aliphatic hydroxyl groups is 1. The summed E-state index contributed by atoms with van der Waals surface area (Å²) in [6.45, 7) is 0.588. The van der Waals surface area contributed by atoms with Gasteiger partial charge in [-0.25, -0.2) is 9.97 Å². The van der Waals surface area contributed by atoms with Crippen molar-refractivity contribution in [2.75, 3.05) is 11.9 Å². The van der Waals surface area contributed by atoms with Crippen molar-refractivity contribution >= 4 is 22.8 Å². The highest BCUT2D eigenvalue weighted by molar-refractivity contribution is 5.97. The first kappa shape index (κ1) is 19.3. The lowest BCUT2D eigenvalue weighted by Crippen LogP contribution is -2.28. The third-order valence-corrected chi connectivity index (χ3v) is 5.42. The quantitative estimate of drug-likeness (QED) is 0.601. The average Bonchev–Trinajstić information content (AvgIpc) is 2.75. The number of benzene rings is 2. The van der Waals surface area contributed by atoms with Crippen LogP contribution in [0.3, 0.4) is 0 Å². The third kappa shape index (κ3) is 5.09. The van der Waals surface area contributed by atoms with Gasteiger partial charge >= 0.3 is 0 Å². The van der Waals surface area contributed by atoms with Crippen LogP contribution in [-0.4, -0.2) is 39.7 Å². The van der Waals surface area contributed by atoms with Gasteiger partial charge in [-0.2, -0.15) is 0 Å². The monoisotopic (exact) mass is 390 g/mol. The number of amides is 1. The van der Waals surface area contributed by atoms with Crippen molar-refractivity contribution < 1.29 is 9.90 Å². The number of carbonyl (C=O) groups excluding carboxylic acids is 1. The van der Waals surface area contributed by atoms with Crippen molar-refractivity contribution in [3.63, 3.8) is 0 Å². The smallest absolute Gasteiger partial charge is 0.251 e. The van der Waals surface area contributed by atoms with Gasteiger partial charge in [0.1, 0.15) is 0 Å². The van der Waals surface area contributed by atoms with Gasteiger partial charge in [0.15, 0.2) is 0 Å². The molecule has 0 saturated heterocycles. The summed E-state index contributed by atoms with van der Waals surface area (Å²) < 4.78 is 0. The van der Waals surface area contributed by atoms with Crippen LogP contribution in [-0.2, 0) is 6.42 Å². The molecule has 29 heavy (non-hydrogen) atoms. The Kier molecular flexibility index (Phi) is 6.00. The van der Waals surface area contributed by atoms with Gasteiger partial charge in [-0.1, -0.05) is 36.4 Å². The van der Waals surface area contributed by atoms with Crippen LogP contribution in [0.1, 0.15) is 41.6 Å². The number of nitrogens with zero attached hydrogens (tertiary/aromatic N) is 2. The molecule has 6 nitrogen and oxygen atoms in total. The Morgan fingerprint density at radius 3 is 2.66 bits per heavy atom. The summed E-state index contributed by atoms with van der Waals surface area (Å²) in [7, 11) is 0. The van der Waals surface area contributed by atoms with E-state index in [-0.39, 0.29) is 18.1 Å². The molecule has 3 aromatic rings. The fraction of sp³-hybridized carbons (Fsp3) is 0.348. The first-order chi connectivity index (χ1) is 14.2. The summed E-state index contributed by atoms with van der Waals surface area (Å²) in [5, 5.41) is 16.9. The highest BCUT2D eigenvalue weighted by atomic mass is 16.3. The summed E-state index contributed by atoms with van der Waals surface area (Å²) in [5.74, 6) is 0.470. The standard InChI is InChI=1S/C23H26N4O2/c28-20-10-8-19(9-11-20)26-23-25-15-18-7-6-17(14-21(18)27-23)22(29)24-13-12-16-4-2-1-3-5-16/h1-7,14-15,19-20,28H,8-13H2,(H,24,29)(H,25,26,27). The van der Waals surface area contributed by atoms with E-state index in [9.17, 15) is 9.90 Å². The number of fused-ring (bicyclic) bond motifs is 1. The minimum atomic E-state index is -0.187. The molecule has 0 spiro atoms. The fourth-order valence-electron chi connectivity index (χ4n) is 3.70. The summed E-state index contributed by atoms with van der Waals surface area (Å²) in [6.07, 6.45) is 5.82. The van der Waals surface area contributed by atoms with E-state index in [0.717, 1.165) is 43.0 Å². The number of aliphatic hydroxyl groups excluding tert-OH is 1. The van der Waals surface area contributed by atoms with E-state index < -0.39 is 0 Å². The van der Waals surface area contributed by atoms with Crippen LogP contribution in [0.4, 0.5) is 5.95 Å². The first-order valence-corrected chi connectivity index (χ1v) is 10.2. The van der Waals surface area contributed by atoms with Crippen molar-refractivity contribution in [3.8, 4) is 0 Å². The van der Waals surface area contributed by atoms with Crippen LogP contribution in [0.2, 0.25) is 0 Å². The molecule has 150 valence electrons. The Morgan fingerprint density at radius 1 is 1.07 bits per heavy atom. The van der Waals surface area contributed by atoms with Gasteiger partial charge in [0.05, 0.1) is 11.6 Å². The molecule has 1 heterocycles. The zero-order chi connectivity index (χ0) is 20.1. The molecule has 0 atom stereocenters. The van der Waals surface area contributed by atoms with Crippen molar-refractivity contribution in [2.45, 2.75) is 44.2 Å². The molecule has 1 aliphatic carbocycles. The minimum Gasteiger partial charge on any atom is -0.393 e. The zero-order valence-corrected chi connectivity index (χ0v) is 16.3. The van der Waals surface area contributed by atoms with Crippen LogP contribution >= 0.6 is 0 Å². The van der Waals surface area contributed by atoms with E-state index in [2.05, 4.69) is 32.7 Å². The fourth-order valence-corrected chi connectivity index (χ4v) is 3.70. The van der Waals surface area contributed by atoms with Crippen LogP contribution in [0.15, 0.2) is 54.7 Å². The van der Waals surface area contributed by atoms with E-state index in [1.54, 1.807) is 12.3 Å². The average molecular weight is 390 g/mol. The van der Waals surface area contributed by atoms with Crippen LogP contribution < -0.4 is 10.6 Å². The highest BCUT2D eigenvalue weighted by Crippen LogP contribution is 2.22. The molecule has 1 fully saturated rings. The van der Waals surface area contributed by atoms with Crippen LogP contribution in [0.5, 0.6) is 0 Å². The maximum atomic E-state index is 12.5. The normalized spacial score (nSPS) is 19.1. The Labute approximate surface area is 170 Å². The lowest BCUT2D eigenvalue weighted by Gasteiger charge is -2.26. The Balaban J connectivity index is 1.40. The second kappa shape index (κ2) is 9.01. The summed E-state index contributed by atoms with van der Waals surface area (Å²) >= 11 is 0. The van der Waals surface area contributed by atoms with Crippen molar-refractivity contribution in [3.05, 3.63) is 65.9 Å². The number of hydrogen-bond donors (Lipinski definition) is 3. The summed E-state index contributed by atoms with van der Waals surface area (Å²) in [6, 6.07) is 15.9. The van der Waals surface area contributed by atoms with Crippen molar-refractivity contribution in [1.29, 1.82) is 0 Å². The summed E-state index contributed by atoms with van der Waals surface area (Å²) in [5.41, 5.74) is 2.54. The van der Waals surface area contributed by atoms with Crippen LogP contribution in [0, 0.1) is 0 Å². The molecular weight excluding hydrogens is 364 g/mol. The molecule has 1 aliphatic rings. The minimum absolute atomic E-state index is 0.0998. The van der Waals surface area contributed by atoms with Gasteiger partial charge in [-0.3, -0.25) is 4.79 Å². The SMILES string of the molecule is O=C(NCCc1ccccc1)c1ccc2cnc(NC3CCC(O)CC3)nc2c1. The van der Waals surface area contributed by atoms with Crippen molar-refractivity contribution in [2.24, 2.45) is 0 Å². The second-order valence-electron chi connectivity index (χ2n) is 7.61. The van der Waals surface area contributed by atoms with Gasteiger partial charge < -0.3 is 15.7 Å². The zero-order valence-electron chi connectivity index (χ0n) is 16.3. The number of anilines is 1. The molecular formula is C23H26N4O2. The van der Waals surface area contributed by atoms with Gasteiger partial charge in [-0.05, 0) is 49.8 Å². The van der Waals surface area contributed by atoms with Gasteiger partial charge in [-0.15, -0.1) is 0 Å². The largest absolute Gasteiger partial charge is 0.393 e. The van der Waals surface area contributed by atoms with E-state index in [1.165, 1.54) is 5.56 Å². The number of nitrogens with one attached hydrogen (secondary N) is 2. The number of aromatic nitrogens is 2. The molecule has 1 aromatic heterocycles. The molecule has 6 heteroatoms. The molecule has 0 radical (unpaired) electrons. The summed E-state index contributed by atoms with van der Waals surface area (Å²) in [4.78, 5) is 21.5. The van der Waals surface area contributed by atoms with E-state index in [4.69, 9.17) is 0 Å². The predicted octanol–water partition coefficient (Wildman–Crippen LogP) is 3.32. The maximum absolute atomic E-state index is 12.5. The molecule has 1 saturated carbocycles. The topological polar surface area (TPSA) is 87.1 Å². The molecule has 0 aliphatic heterocycles. The van der Waals surface area contributed by atoms with E-state index in [1.807, 2.05) is 30.3 Å². The number of carbonyl (C=O) groups is 1. The Morgan fingerprint density at radius 2 is 1.86 bits per heavy atom. The number of rotatable bonds is 6. The predicted molar refractivity (Wildman–Crippen MR) is 114 cm³/mol. The molecule has 0 bridgehead atoms.